The molecule has 0 aromatic rings. The summed E-state index contributed by atoms with van der Waals surface area (Å²) >= 11 is -4.93. The minimum Gasteiger partial charge on any atom is -0.193 e. The standard InChI is InChI=1S/C4H10F3NS.ClH/c1-3-8(4-2)9(5,6)7;/h3-4H2,1-2H3;1H. The van der Waals surface area contributed by atoms with Crippen LogP contribution < -0.4 is 0 Å². The molecule has 0 saturated heterocycles. The number of hydrogen-bond donors (Lipinski definition) is 0. The Morgan fingerprint density at radius 3 is 1.40 bits per heavy atom. The van der Waals surface area contributed by atoms with Crippen LogP contribution in [-0.2, 0) is 0 Å². The molecule has 0 aliphatic carbocycles. The van der Waals surface area contributed by atoms with Gasteiger partial charge in [0.25, 0.3) is 11.4 Å². The molecule has 0 spiro atoms. The zero-order valence-electron chi connectivity index (χ0n) is 5.81. The van der Waals surface area contributed by atoms with E-state index < -0.39 is 11.4 Å². The third kappa shape index (κ3) is 4.24. The SMILES string of the molecule is CCN(CC)S(F)(F)F.Cl. The number of hydrogen-bond acceptors (Lipinski definition) is 1. The summed E-state index contributed by atoms with van der Waals surface area (Å²) in [4.78, 5) is 0. The third-order valence-electron chi connectivity index (χ3n) is 0.998. The molecule has 0 aromatic carbocycles. The fourth-order valence-electron chi connectivity index (χ4n) is 0.516. The Bertz CT molecular complexity index is 83.1. The maximum atomic E-state index is 11.7. The summed E-state index contributed by atoms with van der Waals surface area (Å²) in [6.07, 6.45) is 0. The molecular weight excluding hydrogens is 187 g/mol. The van der Waals surface area contributed by atoms with Crippen LogP contribution in [0.25, 0.3) is 0 Å². The van der Waals surface area contributed by atoms with Crippen molar-refractivity contribution in [2.24, 2.45) is 0 Å². The van der Waals surface area contributed by atoms with Crippen molar-refractivity contribution in [3.05, 3.63) is 0 Å². The Kier molecular flexibility index (Phi) is 6.63. The molecule has 0 heterocycles. The molecule has 6 heteroatoms. The van der Waals surface area contributed by atoms with E-state index in [0.29, 0.717) is 4.31 Å². The molecule has 0 aliphatic rings. The van der Waals surface area contributed by atoms with Gasteiger partial charge < -0.3 is 0 Å². The summed E-state index contributed by atoms with van der Waals surface area (Å²) in [6, 6.07) is 0. The van der Waals surface area contributed by atoms with E-state index in [-0.39, 0.29) is 25.5 Å². The Morgan fingerprint density at radius 1 is 1.10 bits per heavy atom. The van der Waals surface area contributed by atoms with E-state index in [9.17, 15) is 11.7 Å². The summed E-state index contributed by atoms with van der Waals surface area (Å²) in [7, 11) is 0. The second-order valence-corrected chi connectivity index (χ2v) is 2.78. The summed E-state index contributed by atoms with van der Waals surface area (Å²) in [5.74, 6) is 0. The maximum absolute atomic E-state index is 11.7. The monoisotopic (exact) mass is 197 g/mol. The van der Waals surface area contributed by atoms with Gasteiger partial charge in [-0.05, 0) is 0 Å². The maximum Gasteiger partial charge on any atom is 0.278 e. The summed E-state index contributed by atoms with van der Waals surface area (Å²) in [5.41, 5.74) is 0. The zero-order chi connectivity index (χ0) is 7.49. The van der Waals surface area contributed by atoms with E-state index in [2.05, 4.69) is 0 Å². The molecule has 0 saturated carbocycles. The van der Waals surface area contributed by atoms with Crippen LogP contribution in [0.15, 0.2) is 0 Å². The van der Waals surface area contributed by atoms with E-state index in [0.717, 1.165) is 0 Å². The first-order chi connectivity index (χ1) is 4.02. The van der Waals surface area contributed by atoms with Gasteiger partial charge in [-0.15, -0.1) is 24.1 Å². The van der Waals surface area contributed by atoms with Gasteiger partial charge in [0.2, 0.25) is 0 Å². The van der Waals surface area contributed by atoms with Crippen LogP contribution in [0.5, 0.6) is 0 Å². The minimum absolute atomic E-state index is 0. The molecule has 66 valence electrons. The Labute approximate surface area is 67.3 Å². The first kappa shape index (κ1) is 13.0. The minimum atomic E-state index is -4.93. The van der Waals surface area contributed by atoms with Crippen molar-refractivity contribution in [3.63, 3.8) is 0 Å². The molecule has 0 fully saturated rings. The fourth-order valence-corrected chi connectivity index (χ4v) is 1.10. The van der Waals surface area contributed by atoms with Gasteiger partial charge in [-0.3, -0.25) is 0 Å². The van der Waals surface area contributed by atoms with Gasteiger partial charge in [-0.1, -0.05) is 13.8 Å². The molecular formula is C4H11ClF3NS. The van der Waals surface area contributed by atoms with Crippen LogP contribution in [-0.4, -0.2) is 17.4 Å². The molecule has 0 aliphatic heterocycles. The molecule has 0 atom stereocenters. The molecule has 0 bridgehead atoms. The summed E-state index contributed by atoms with van der Waals surface area (Å²) in [5, 5.41) is 0. The van der Waals surface area contributed by atoms with Crippen molar-refractivity contribution in [1.29, 1.82) is 0 Å². The van der Waals surface area contributed by atoms with Crippen LogP contribution in [0.1, 0.15) is 13.8 Å². The lowest BCUT2D eigenvalue weighted by Gasteiger charge is -2.23. The van der Waals surface area contributed by atoms with Gasteiger partial charge >= 0.3 is 0 Å². The molecule has 0 radical (unpaired) electrons. The topological polar surface area (TPSA) is 3.24 Å². The van der Waals surface area contributed by atoms with Crippen LogP contribution in [0, 0.1) is 0 Å². The van der Waals surface area contributed by atoms with Gasteiger partial charge in [0.15, 0.2) is 0 Å². The lowest BCUT2D eigenvalue weighted by atomic mass is 10.7. The van der Waals surface area contributed by atoms with Crippen LogP contribution in [0.4, 0.5) is 11.7 Å². The smallest absolute Gasteiger partial charge is 0.193 e. The van der Waals surface area contributed by atoms with Crippen LogP contribution in [0.2, 0.25) is 0 Å². The predicted octanol–water partition coefficient (Wildman–Crippen LogP) is 3.12. The van der Waals surface area contributed by atoms with E-state index in [1.54, 1.807) is 0 Å². The summed E-state index contributed by atoms with van der Waals surface area (Å²) in [6.45, 7) is 3.14. The van der Waals surface area contributed by atoms with Gasteiger partial charge in [0.05, 0.1) is 0 Å². The highest BCUT2D eigenvalue weighted by atomic mass is 35.5. The normalized spacial score (nSPS) is 13.0. The van der Waals surface area contributed by atoms with Gasteiger partial charge in [0.1, 0.15) is 0 Å². The molecule has 1 nitrogen and oxygen atoms in total. The quantitative estimate of drug-likeness (QED) is 0.672. The van der Waals surface area contributed by atoms with Crippen molar-refractivity contribution < 1.29 is 11.7 Å². The second-order valence-electron chi connectivity index (χ2n) is 1.50. The first-order valence-electron chi connectivity index (χ1n) is 2.69. The van der Waals surface area contributed by atoms with Crippen molar-refractivity contribution in [3.8, 4) is 0 Å². The van der Waals surface area contributed by atoms with E-state index >= 15 is 0 Å². The number of rotatable bonds is 3. The van der Waals surface area contributed by atoms with E-state index in [4.69, 9.17) is 0 Å². The molecule has 0 rings (SSSR count). The second kappa shape index (κ2) is 5.09. The Hall–Kier alpha value is 0.390. The van der Waals surface area contributed by atoms with Crippen molar-refractivity contribution >= 4 is 23.8 Å². The Balaban J connectivity index is 0. The Morgan fingerprint density at radius 2 is 1.40 bits per heavy atom. The van der Waals surface area contributed by atoms with Crippen molar-refractivity contribution in [1.82, 2.24) is 4.31 Å². The molecule has 0 N–H and O–H groups in total. The lowest BCUT2D eigenvalue weighted by Crippen LogP contribution is -2.19. The fraction of sp³-hybridized carbons (Fsp3) is 1.00. The van der Waals surface area contributed by atoms with Crippen LogP contribution in [0.3, 0.4) is 0 Å². The average molecular weight is 198 g/mol. The zero-order valence-corrected chi connectivity index (χ0v) is 7.44. The first-order valence-corrected chi connectivity index (χ1v) is 3.98. The highest BCUT2D eigenvalue weighted by Crippen LogP contribution is 2.55. The van der Waals surface area contributed by atoms with E-state index in [1.165, 1.54) is 13.8 Å². The molecule has 0 amide bonds. The number of halogens is 4. The van der Waals surface area contributed by atoms with Crippen LogP contribution >= 0.6 is 23.8 Å². The number of nitrogens with zero attached hydrogens (tertiary/aromatic N) is 1. The highest BCUT2D eigenvalue weighted by Gasteiger charge is 2.27. The summed E-state index contributed by atoms with van der Waals surface area (Å²) < 4.78 is 35.7. The van der Waals surface area contributed by atoms with Crippen molar-refractivity contribution in [2.75, 3.05) is 13.1 Å². The molecule has 10 heavy (non-hydrogen) atoms. The third-order valence-corrected chi connectivity index (χ3v) is 2.10. The predicted molar refractivity (Wildman–Crippen MR) is 41.1 cm³/mol. The molecule has 0 unspecified atom stereocenters. The lowest BCUT2D eigenvalue weighted by molar-refractivity contribution is 0.416. The van der Waals surface area contributed by atoms with Gasteiger partial charge in [-0.25, -0.2) is 0 Å². The van der Waals surface area contributed by atoms with Gasteiger partial charge in [-0.2, -0.15) is 4.31 Å². The highest BCUT2D eigenvalue weighted by molar-refractivity contribution is 8.18. The van der Waals surface area contributed by atoms with E-state index in [1.807, 2.05) is 0 Å². The largest absolute Gasteiger partial charge is 0.278 e. The van der Waals surface area contributed by atoms with Gasteiger partial charge in [0, 0.05) is 13.1 Å². The van der Waals surface area contributed by atoms with Crippen molar-refractivity contribution in [2.45, 2.75) is 13.8 Å². The molecule has 0 aromatic heterocycles. The average Bonchev–Trinajstić information content (AvgIpc) is 1.65.